The van der Waals surface area contributed by atoms with Crippen LogP contribution in [0.3, 0.4) is 0 Å². The SMILES string of the molecule is CC1CCC(c2ccc(-c3ccc(C4CCC(/C(F)=C/C(F)(F)F)CC4)cc3)cc2)OC1. The van der Waals surface area contributed by atoms with Crippen LogP contribution in [0.25, 0.3) is 11.1 Å². The first-order valence-electron chi connectivity index (χ1n) is 11.6. The van der Waals surface area contributed by atoms with Gasteiger partial charge in [-0.25, -0.2) is 4.39 Å². The molecule has 0 amide bonds. The molecule has 5 heteroatoms. The van der Waals surface area contributed by atoms with E-state index in [4.69, 9.17) is 4.74 Å². The van der Waals surface area contributed by atoms with Crippen LogP contribution < -0.4 is 0 Å². The monoisotopic (exact) mass is 446 g/mol. The van der Waals surface area contributed by atoms with E-state index in [-0.39, 0.29) is 18.1 Å². The van der Waals surface area contributed by atoms with Gasteiger partial charge in [0, 0.05) is 12.5 Å². The minimum atomic E-state index is -4.59. The molecule has 2 aromatic carbocycles. The molecular weight excluding hydrogens is 416 g/mol. The van der Waals surface area contributed by atoms with Gasteiger partial charge in [-0.3, -0.25) is 0 Å². The van der Waals surface area contributed by atoms with Gasteiger partial charge >= 0.3 is 6.18 Å². The van der Waals surface area contributed by atoms with Crippen LogP contribution >= 0.6 is 0 Å². The Morgan fingerprint density at radius 1 is 0.812 bits per heavy atom. The molecule has 1 aliphatic heterocycles. The van der Waals surface area contributed by atoms with E-state index >= 15 is 0 Å². The fourth-order valence-corrected chi connectivity index (χ4v) is 4.96. The predicted octanol–water partition coefficient (Wildman–Crippen LogP) is 8.53. The normalized spacial score (nSPS) is 27.3. The van der Waals surface area contributed by atoms with Crippen LogP contribution in [0.4, 0.5) is 17.6 Å². The van der Waals surface area contributed by atoms with Crippen LogP contribution in [0.1, 0.15) is 68.6 Å². The minimum Gasteiger partial charge on any atom is -0.373 e. The van der Waals surface area contributed by atoms with Crippen LogP contribution in [0.15, 0.2) is 60.4 Å². The Hall–Kier alpha value is -2.14. The van der Waals surface area contributed by atoms with Crippen LogP contribution in [0, 0.1) is 11.8 Å². The summed E-state index contributed by atoms with van der Waals surface area (Å²) in [5.41, 5.74) is 4.67. The van der Waals surface area contributed by atoms with Crippen molar-refractivity contribution in [3.8, 4) is 11.1 Å². The molecule has 172 valence electrons. The van der Waals surface area contributed by atoms with Crippen molar-refractivity contribution in [1.29, 1.82) is 0 Å². The summed E-state index contributed by atoms with van der Waals surface area (Å²) in [5.74, 6) is -0.730. The fourth-order valence-electron chi connectivity index (χ4n) is 4.96. The van der Waals surface area contributed by atoms with Gasteiger partial charge in [0.05, 0.1) is 12.2 Å². The molecule has 2 unspecified atom stereocenters. The average molecular weight is 447 g/mol. The summed E-state index contributed by atoms with van der Waals surface area (Å²) in [6, 6.07) is 16.9. The maximum absolute atomic E-state index is 13.9. The van der Waals surface area contributed by atoms with E-state index in [1.807, 2.05) is 0 Å². The fraction of sp³-hybridized carbons (Fsp3) is 0.481. The lowest BCUT2D eigenvalue weighted by atomic mass is 9.78. The van der Waals surface area contributed by atoms with Gasteiger partial charge < -0.3 is 4.74 Å². The first-order valence-corrected chi connectivity index (χ1v) is 11.6. The lowest BCUT2D eigenvalue weighted by Crippen LogP contribution is -2.18. The van der Waals surface area contributed by atoms with E-state index in [1.165, 1.54) is 17.5 Å². The summed E-state index contributed by atoms with van der Waals surface area (Å²) in [4.78, 5) is 0. The maximum atomic E-state index is 13.9. The van der Waals surface area contributed by atoms with Gasteiger partial charge in [-0.05, 0) is 72.6 Å². The summed E-state index contributed by atoms with van der Waals surface area (Å²) in [5, 5.41) is 0. The van der Waals surface area contributed by atoms with Crippen LogP contribution in [-0.4, -0.2) is 12.8 Å². The zero-order chi connectivity index (χ0) is 22.7. The zero-order valence-corrected chi connectivity index (χ0v) is 18.4. The van der Waals surface area contributed by atoms with Crippen molar-refractivity contribution in [2.75, 3.05) is 6.61 Å². The second-order valence-electron chi connectivity index (χ2n) is 9.37. The number of halogens is 4. The van der Waals surface area contributed by atoms with Gasteiger partial charge in [0.2, 0.25) is 0 Å². The smallest absolute Gasteiger partial charge is 0.373 e. The molecule has 0 spiro atoms. The van der Waals surface area contributed by atoms with E-state index in [0.717, 1.165) is 24.2 Å². The Bertz CT molecular complexity index is 898. The first-order chi connectivity index (χ1) is 15.3. The molecule has 1 heterocycles. The standard InChI is InChI=1S/C27H30F4O/c1-18-2-15-26(32-17-18)24-13-9-22(10-14-24)20-5-3-19(4-6-20)21-7-11-23(12-8-21)25(28)16-27(29,30)31/h3-6,9-10,13-14,16,18,21,23,26H,2,7-8,11-12,15,17H2,1H3/b25-16-. The Labute approximate surface area is 187 Å². The lowest BCUT2D eigenvalue weighted by Gasteiger charge is -2.28. The molecule has 0 radical (unpaired) electrons. The van der Waals surface area contributed by atoms with Crippen LogP contribution in [0.2, 0.25) is 0 Å². The molecule has 2 fully saturated rings. The number of rotatable bonds is 4. The number of benzene rings is 2. The molecule has 1 saturated carbocycles. The number of allylic oxidation sites excluding steroid dienone is 2. The molecule has 2 atom stereocenters. The number of hydrogen-bond acceptors (Lipinski definition) is 1. The highest BCUT2D eigenvalue weighted by atomic mass is 19.4. The largest absolute Gasteiger partial charge is 0.412 e. The molecule has 0 aromatic heterocycles. The highest BCUT2D eigenvalue weighted by molar-refractivity contribution is 5.64. The lowest BCUT2D eigenvalue weighted by molar-refractivity contribution is -0.0820. The predicted molar refractivity (Wildman–Crippen MR) is 119 cm³/mol. The molecule has 1 nitrogen and oxygen atoms in total. The average Bonchev–Trinajstić information content (AvgIpc) is 2.79. The van der Waals surface area contributed by atoms with Crippen molar-refractivity contribution >= 4 is 0 Å². The van der Waals surface area contributed by atoms with E-state index in [2.05, 4.69) is 55.5 Å². The molecular formula is C27H30F4O. The van der Waals surface area contributed by atoms with Gasteiger partial charge in [-0.15, -0.1) is 0 Å². The zero-order valence-electron chi connectivity index (χ0n) is 18.4. The second-order valence-corrected chi connectivity index (χ2v) is 9.37. The van der Waals surface area contributed by atoms with Crippen molar-refractivity contribution in [2.45, 2.75) is 63.6 Å². The Morgan fingerprint density at radius 3 is 1.88 bits per heavy atom. The minimum absolute atomic E-state index is 0.182. The van der Waals surface area contributed by atoms with Gasteiger partial charge in [0.15, 0.2) is 0 Å². The third-order valence-electron chi connectivity index (χ3n) is 6.92. The van der Waals surface area contributed by atoms with Gasteiger partial charge in [0.25, 0.3) is 0 Å². The molecule has 1 saturated heterocycles. The first kappa shape index (κ1) is 23.0. The van der Waals surface area contributed by atoms with E-state index in [0.29, 0.717) is 31.6 Å². The molecule has 0 N–H and O–H groups in total. The van der Waals surface area contributed by atoms with Crippen molar-refractivity contribution < 1.29 is 22.3 Å². The van der Waals surface area contributed by atoms with E-state index in [9.17, 15) is 17.6 Å². The summed E-state index contributed by atoms with van der Waals surface area (Å²) < 4.78 is 57.0. The van der Waals surface area contributed by atoms with Crippen molar-refractivity contribution in [3.63, 3.8) is 0 Å². The van der Waals surface area contributed by atoms with Crippen LogP contribution in [0.5, 0.6) is 0 Å². The number of hydrogen-bond donors (Lipinski definition) is 0. The van der Waals surface area contributed by atoms with Gasteiger partial charge in [-0.1, -0.05) is 55.5 Å². The third kappa shape index (κ3) is 5.80. The second kappa shape index (κ2) is 9.78. The molecule has 0 bridgehead atoms. The summed E-state index contributed by atoms with van der Waals surface area (Å²) in [7, 11) is 0. The highest BCUT2D eigenvalue weighted by Crippen LogP contribution is 2.40. The Balaban J connectivity index is 1.35. The maximum Gasteiger partial charge on any atom is 0.412 e. The third-order valence-corrected chi connectivity index (χ3v) is 6.92. The number of alkyl halides is 3. The van der Waals surface area contributed by atoms with Crippen molar-refractivity contribution in [3.05, 3.63) is 71.6 Å². The van der Waals surface area contributed by atoms with E-state index in [1.54, 1.807) is 0 Å². The van der Waals surface area contributed by atoms with Crippen molar-refractivity contribution in [2.24, 2.45) is 11.8 Å². The van der Waals surface area contributed by atoms with Gasteiger partial charge in [0.1, 0.15) is 5.83 Å². The topological polar surface area (TPSA) is 9.23 Å². The molecule has 32 heavy (non-hydrogen) atoms. The van der Waals surface area contributed by atoms with Crippen molar-refractivity contribution in [1.82, 2.24) is 0 Å². The van der Waals surface area contributed by atoms with E-state index < -0.39 is 17.9 Å². The Kier molecular flexibility index (Phi) is 7.04. The number of ether oxygens (including phenoxy) is 1. The molecule has 1 aliphatic carbocycles. The van der Waals surface area contributed by atoms with Gasteiger partial charge in [-0.2, -0.15) is 13.2 Å². The summed E-state index contributed by atoms with van der Waals surface area (Å²) >= 11 is 0. The quantitative estimate of drug-likeness (QED) is 0.428. The molecule has 2 aliphatic rings. The molecule has 2 aromatic rings. The molecule has 4 rings (SSSR count). The summed E-state index contributed by atoms with van der Waals surface area (Å²) in [6.07, 6.45) is -0.00335. The summed E-state index contributed by atoms with van der Waals surface area (Å²) in [6.45, 7) is 3.04. The Morgan fingerprint density at radius 2 is 1.38 bits per heavy atom. The highest BCUT2D eigenvalue weighted by Gasteiger charge is 2.30. The van der Waals surface area contributed by atoms with Crippen LogP contribution in [-0.2, 0) is 4.74 Å².